The Balaban J connectivity index is 2.10. The van der Waals surface area contributed by atoms with E-state index >= 15 is 0 Å². The Morgan fingerprint density at radius 1 is 1.40 bits per heavy atom. The highest BCUT2D eigenvalue weighted by Crippen LogP contribution is 2.18. The molecule has 0 radical (unpaired) electrons. The number of nitrogens with zero attached hydrogens (tertiary/aromatic N) is 1. The van der Waals surface area contributed by atoms with E-state index in [-0.39, 0.29) is 11.9 Å². The molecule has 1 aromatic rings. The zero-order valence-corrected chi connectivity index (χ0v) is 12.4. The van der Waals surface area contributed by atoms with Gasteiger partial charge in [-0.05, 0) is 31.0 Å². The first-order chi connectivity index (χ1) is 9.76. The topological polar surface area (TPSA) is 41.6 Å². The van der Waals surface area contributed by atoms with Gasteiger partial charge in [-0.25, -0.2) is 0 Å². The zero-order chi connectivity index (χ0) is 14.4. The molecule has 1 unspecified atom stereocenters. The summed E-state index contributed by atoms with van der Waals surface area (Å²) in [7, 11) is 1.70. The van der Waals surface area contributed by atoms with Gasteiger partial charge in [-0.2, -0.15) is 0 Å². The maximum absolute atomic E-state index is 12.6. The van der Waals surface area contributed by atoms with Crippen molar-refractivity contribution in [3.05, 3.63) is 35.4 Å². The van der Waals surface area contributed by atoms with E-state index < -0.39 is 0 Å². The Kier molecular flexibility index (Phi) is 5.56. The minimum absolute atomic E-state index is 0.150. The van der Waals surface area contributed by atoms with Gasteiger partial charge in [0.25, 0.3) is 5.91 Å². The SMILES string of the molecule is CCNC(COC)CN1CCCc2ccccc2C1=O. The standard InChI is InChI=1S/C16H24N2O2/c1-3-17-14(12-20-2)11-18-10-6-8-13-7-4-5-9-15(13)16(18)19/h4-5,7,9,14,17H,3,6,8,10-12H2,1-2H3. The number of hydrogen-bond acceptors (Lipinski definition) is 3. The highest BCUT2D eigenvalue weighted by atomic mass is 16.5. The van der Waals surface area contributed by atoms with Crippen LogP contribution in [-0.4, -0.2) is 50.2 Å². The number of likely N-dealkylation sites (N-methyl/N-ethyl adjacent to an activating group) is 1. The van der Waals surface area contributed by atoms with Crippen LogP contribution in [0.1, 0.15) is 29.3 Å². The van der Waals surface area contributed by atoms with Crippen molar-refractivity contribution in [3.8, 4) is 0 Å². The van der Waals surface area contributed by atoms with Gasteiger partial charge in [0, 0.05) is 31.8 Å². The second kappa shape index (κ2) is 7.41. The van der Waals surface area contributed by atoms with Crippen molar-refractivity contribution < 1.29 is 9.53 Å². The molecule has 2 rings (SSSR count). The average molecular weight is 276 g/mol. The van der Waals surface area contributed by atoms with E-state index in [1.807, 2.05) is 23.1 Å². The normalized spacial score (nSPS) is 16.7. The van der Waals surface area contributed by atoms with Crippen LogP contribution in [0.4, 0.5) is 0 Å². The second-order valence-electron chi connectivity index (χ2n) is 5.22. The Morgan fingerprint density at radius 2 is 2.20 bits per heavy atom. The van der Waals surface area contributed by atoms with Crippen LogP contribution >= 0.6 is 0 Å². The number of aryl methyl sites for hydroxylation is 1. The smallest absolute Gasteiger partial charge is 0.254 e. The fourth-order valence-corrected chi connectivity index (χ4v) is 2.79. The third-order valence-corrected chi connectivity index (χ3v) is 3.71. The largest absolute Gasteiger partial charge is 0.383 e. The fourth-order valence-electron chi connectivity index (χ4n) is 2.79. The fraction of sp³-hybridized carbons (Fsp3) is 0.562. The minimum atomic E-state index is 0.150. The molecule has 1 amide bonds. The van der Waals surface area contributed by atoms with E-state index in [0.29, 0.717) is 13.2 Å². The first kappa shape index (κ1) is 15.0. The number of carbonyl (C=O) groups is 1. The van der Waals surface area contributed by atoms with Crippen molar-refractivity contribution >= 4 is 5.91 Å². The van der Waals surface area contributed by atoms with E-state index in [2.05, 4.69) is 18.3 Å². The number of hydrogen-bond donors (Lipinski definition) is 1. The monoisotopic (exact) mass is 276 g/mol. The molecule has 1 N–H and O–H groups in total. The minimum Gasteiger partial charge on any atom is -0.383 e. The second-order valence-corrected chi connectivity index (χ2v) is 5.22. The number of amides is 1. The molecule has 20 heavy (non-hydrogen) atoms. The molecule has 0 spiro atoms. The van der Waals surface area contributed by atoms with Crippen LogP contribution in [0.25, 0.3) is 0 Å². The molecule has 1 heterocycles. The average Bonchev–Trinajstić information content (AvgIpc) is 2.60. The highest BCUT2D eigenvalue weighted by Gasteiger charge is 2.24. The number of fused-ring (bicyclic) bond motifs is 1. The predicted molar refractivity (Wildman–Crippen MR) is 80.0 cm³/mol. The molecular weight excluding hydrogens is 252 g/mol. The summed E-state index contributed by atoms with van der Waals surface area (Å²) in [5.74, 6) is 0.150. The zero-order valence-electron chi connectivity index (χ0n) is 12.4. The van der Waals surface area contributed by atoms with Crippen LogP contribution in [0.3, 0.4) is 0 Å². The Bertz CT molecular complexity index is 442. The molecule has 4 nitrogen and oxygen atoms in total. The van der Waals surface area contributed by atoms with Gasteiger partial charge in [-0.3, -0.25) is 4.79 Å². The number of methoxy groups -OCH3 is 1. The number of benzene rings is 1. The van der Waals surface area contributed by atoms with Crippen molar-refractivity contribution in [2.45, 2.75) is 25.8 Å². The number of rotatable bonds is 6. The maximum Gasteiger partial charge on any atom is 0.254 e. The van der Waals surface area contributed by atoms with E-state index in [1.54, 1.807) is 7.11 Å². The van der Waals surface area contributed by atoms with Crippen LogP contribution in [-0.2, 0) is 11.2 Å². The van der Waals surface area contributed by atoms with Gasteiger partial charge < -0.3 is 15.0 Å². The molecule has 0 saturated heterocycles. The lowest BCUT2D eigenvalue weighted by Crippen LogP contribution is -2.46. The van der Waals surface area contributed by atoms with E-state index in [9.17, 15) is 4.79 Å². The van der Waals surface area contributed by atoms with Gasteiger partial charge in [0.15, 0.2) is 0 Å². The number of carbonyl (C=O) groups excluding carboxylic acids is 1. The predicted octanol–water partition coefficient (Wildman–Crippen LogP) is 1.70. The summed E-state index contributed by atoms with van der Waals surface area (Å²) >= 11 is 0. The summed E-state index contributed by atoms with van der Waals surface area (Å²) in [5, 5.41) is 3.38. The van der Waals surface area contributed by atoms with Gasteiger partial charge >= 0.3 is 0 Å². The molecule has 1 atom stereocenters. The Morgan fingerprint density at radius 3 is 2.95 bits per heavy atom. The first-order valence-corrected chi connectivity index (χ1v) is 7.35. The lowest BCUT2D eigenvalue weighted by molar-refractivity contribution is 0.0709. The molecule has 1 aliphatic heterocycles. The van der Waals surface area contributed by atoms with Gasteiger partial charge in [-0.15, -0.1) is 0 Å². The molecule has 0 aromatic heterocycles. The van der Waals surface area contributed by atoms with Gasteiger partial charge in [0.1, 0.15) is 0 Å². The third-order valence-electron chi connectivity index (χ3n) is 3.71. The molecule has 0 aliphatic carbocycles. The number of ether oxygens (including phenoxy) is 1. The van der Waals surface area contributed by atoms with Crippen LogP contribution in [0.5, 0.6) is 0 Å². The van der Waals surface area contributed by atoms with Crippen molar-refractivity contribution in [2.75, 3.05) is 33.4 Å². The van der Waals surface area contributed by atoms with Crippen LogP contribution < -0.4 is 5.32 Å². The van der Waals surface area contributed by atoms with Crippen LogP contribution in [0.2, 0.25) is 0 Å². The summed E-state index contributed by atoms with van der Waals surface area (Å²) in [4.78, 5) is 14.6. The van der Waals surface area contributed by atoms with Crippen molar-refractivity contribution in [1.82, 2.24) is 10.2 Å². The van der Waals surface area contributed by atoms with Crippen LogP contribution in [0, 0.1) is 0 Å². The van der Waals surface area contributed by atoms with Crippen molar-refractivity contribution in [1.29, 1.82) is 0 Å². The van der Waals surface area contributed by atoms with Crippen LogP contribution in [0.15, 0.2) is 24.3 Å². The molecule has 0 saturated carbocycles. The van der Waals surface area contributed by atoms with Gasteiger partial charge in [0.2, 0.25) is 0 Å². The van der Waals surface area contributed by atoms with Gasteiger partial charge in [0.05, 0.1) is 6.61 Å². The van der Waals surface area contributed by atoms with Crippen molar-refractivity contribution in [2.24, 2.45) is 0 Å². The van der Waals surface area contributed by atoms with E-state index in [4.69, 9.17) is 4.74 Å². The maximum atomic E-state index is 12.6. The Hall–Kier alpha value is -1.39. The molecule has 110 valence electrons. The lowest BCUT2D eigenvalue weighted by atomic mass is 10.0. The summed E-state index contributed by atoms with van der Waals surface area (Å²) < 4.78 is 5.23. The molecule has 0 bridgehead atoms. The van der Waals surface area contributed by atoms with E-state index in [1.165, 1.54) is 5.56 Å². The first-order valence-electron chi connectivity index (χ1n) is 7.35. The molecular formula is C16H24N2O2. The summed E-state index contributed by atoms with van der Waals surface area (Å²) in [6.45, 7) is 5.10. The summed E-state index contributed by atoms with van der Waals surface area (Å²) in [5.41, 5.74) is 2.03. The molecule has 1 aliphatic rings. The van der Waals surface area contributed by atoms with Crippen molar-refractivity contribution in [3.63, 3.8) is 0 Å². The molecule has 0 fully saturated rings. The Labute approximate surface area is 121 Å². The lowest BCUT2D eigenvalue weighted by Gasteiger charge is -2.27. The van der Waals surface area contributed by atoms with E-state index in [0.717, 1.165) is 31.5 Å². The number of nitrogens with one attached hydrogen (secondary N) is 1. The molecule has 1 aromatic carbocycles. The van der Waals surface area contributed by atoms with Gasteiger partial charge in [-0.1, -0.05) is 25.1 Å². The highest BCUT2D eigenvalue weighted by molar-refractivity contribution is 5.96. The third kappa shape index (κ3) is 3.58. The summed E-state index contributed by atoms with van der Waals surface area (Å²) in [6.07, 6.45) is 2.00. The molecule has 4 heteroatoms. The summed E-state index contributed by atoms with van der Waals surface area (Å²) in [6, 6.07) is 8.15. The quantitative estimate of drug-likeness (QED) is 0.860.